The van der Waals surface area contributed by atoms with Gasteiger partial charge in [-0.05, 0) is 41.5 Å². The molecule has 0 saturated carbocycles. The van der Waals surface area contributed by atoms with Gasteiger partial charge in [-0.1, -0.05) is 35.9 Å². The molecule has 0 spiro atoms. The Morgan fingerprint density at radius 2 is 1.64 bits per heavy atom. The van der Waals surface area contributed by atoms with E-state index in [9.17, 15) is 14.4 Å². The first kappa shape index (κ1) is 17.0. The van der Waals surface area contributed by atoms with Crippen LogP contribution in [0.2, 0.25) is 5.02 Å². The number of carbonyl (C=O) groups is 3. The number of hydrogen-bond donors (Lipinski definition) is 1. The number of carbonyl (C=O) groups excluding carboxylic acids is 3. The number of amides is 3. The van der Waals surface area contributed by atoms with E-state index in [1.807, 2.05) is 30.3 Å². The Labute approximate surface area is 166 Å². The van der Waals surface area contributed by atoms with Crippen molar-refractivity contribution in [3.8, 4) is 0 Å². The first-order chi connectivity index (χ1) is 13.5. The van der Waals surface area contributed by atoms with Crippen LogP contribution in [0.1, 0.15) is 17.2 Å². The van der Waals surface area contributed by atoms with Gasteiger partial charge in [0.15, 0.2) is 0 Å². The Balaban J connectivity index is 1.65. The summed E-state index contributed by atoms with van der Waals surface area (Å²) in [6, 6.07) is 12.9. The average molecular weight is 394 g/mol. The van der Waals surface area contributed by atoms with Crippen molar-refractivity contribution in [2.45, 2.75) is 12.1 Å². The second-order valence-corrected chi connectivity index (χ2v) is 7.66. The van der Waals surface area contributed by atoms with E-state index >= 15 is 0 Å². The predicted octanol–water partition coefficient (Wildman–Crippen LogP) is 2.34. The first-order valence-corrected chi connectivity index (χ1v) is 9.34. The van der Waals surface area contributed by atoms with Gasteiger partial charge in [-0.25, -0.2) is 4.90 Å². The second kappa shape index (κ2) is 5.94. The average Bonchev–Trinajstić information content (AvgIpc) is 3.16. The molecule has 2 N–H and O–H groups in total. The topological polar surface area (TPSA) is 83.7 Å². The molecule has 0 aliphatic carbocycles. The summed E-state index contributed by atoms with van der Waals surface area (Å²) in [5.74, 6) is -2.82. The maximum atomic E-state index is 13.4. The molecule has 0 bridgehead atoms. The van der Waals surface area contributed by atoms with Crippen LogP contribution in [0, 0.1) is 11.8 Å². The van der Waals surface area contributed by atoms with Crippen LogP contribution in [0.5, 0.6) is 0 Å². The number of anilines is 1. The molecule has 140 valence electrons. The Hall–Kier alpha value is -3.12. The number of nitrogens with two attached hydrogens (primary N) is 1. The lowest BCUT2D eigenvalue weighted by molar-refractivity contribution is -0.129. The molecule has 3 aliphatic heterocycles. The zero-order valence-electron chi connectivity index (χ0n) is 14.7. The number of halogens is 1. The summed E-state index contributed by atoms with van der Waals surface area (Å²) in [6.07, 6.45) is 3.66. The van der Waals surface area contributed by atoms with E-state index < -0.39 is 35.7 Å². The summed E-state index contributed by atoms with van der Waals surface area (Å²) >= 11 is 5.94. The fourth-order valence-corrected chi connectivity index (χ4v) is 4.85. The highest BCUT2D eigenvalue weighted by atomic mass is 35.5. The molecule has 3 aliphatic rings. The van der Waals surface area contributed by atoms with Gasteiger partial charge in [0.2, 0.25) is 17.7 Å². The maximum Gasteiger partial charge on any atom is 0.240 e. The van der Waals surface area contributed by atoms with E-state index in [1.165, 1.54) is 4.90 Å². The van der Waals surface area contributed by atoms with Crippen molar-refractivity contribution in [2.75, 3.05) is 4.90 Å². The number of rotatable bonds is 2. The van der Waals surface area contributed by atoms with Crippen LogP contribution in [0.15, 0.2) is 54.7 Å². The number of benzene rings is 2. The molecule has 7 heteroatoms. The molecule has 2 fully saturated rings. The summed E-state index contributed by atoms with van der Waals surface area (Å²) in [6.45, 7) is 0. The third-order valence-electron chi connectivity index (χ3n) is 5.84. The molecule has 3 heterocycles. The number of imide groups is 1. The molecule has 3 amide bonds. The van der Waals surface area contributed by atoms with Crippen molar-refractivity contribution >= 4 is 41.1 Å². The number of nitrogens with zero attached hydrogens (tertiary/aromatic N) is 2. The van der Waals surface area contributed by atoms with Gasteiger partial charge in [0.05, 0.1) is 23.6 Å². The molecule has 2 saturated heterocycles. The zero-order chi connectivity index (χ0) is 19.6. The van der Waals surface area contributed by atoms with Crippen molar-refractivity contribution in [3.05, 3.63) is 70.9 Å². The second-order valence-electron chi connectivity index (χ2n) is 7.22. The van der Waals surface area contributed by atoms with Gasteiger partial charge in [0.1, 0.15) is 6.04 Å². The van der Waals surface area contributed by atoms with Gasteiger partial charge in [-0.15, -0.1) is 0 Å². The molecule has 2 aromatic carbocycles. The summed E-state index contributed by atoms with van der Waals surface area (Å²) < 4.78 is 0. The van der Waals surface area contributed by atoms with Gasteiger partial charge in [0.25, 0.3) is 0 Å². The van der Waals surface area contributed by atoms with E-state index in [1.54, 1.807) is 35.4 Å². The molecule has 5 rings (SSSR count). The predicted molar refractivity (Wildman–Crippen MR) is 104 cm³/mol. The molecule has 2 aromatic rings. The normalized spacial score (nSPS) is 27.6. The quantitative estimate of drug-likeness (QED) is 0.794. The van der Waals surface area contributed by atoms with Crippen molar-refractivity contribution in [1.82, 2.24) is 4.90 Å². The van der Waals surface area contributed by atoms with Crippen LogP contribution >= 0.6 is 11.6 Å². The smallest absolute Gasteiger partial charge is 0.240 e. The van der Waals surface area contributed by atoms with Crippen molar-refractivity contribution in [2.24, 2.45) is 17.6 Å². The lowest BCUT2D eigenvalue weighted by Crippen LogP contribution is -2.46. The number of primary amides is 1. The molecule has 6 nitrogen and oxygen atoms in total. The first-order valence-electron chi connectivity index (χ1n) is 8.96. The Morgan fingerprint density at radius 1 is 0.964 bits per heavy atom. The summed E-state index contributed by atoms with van der Waals surface area (Å²) in [7, 11) is 0. The lowest BCUT2D eigenvalue weighted by Gasteiger charge is -2.34. The van der Waals surface area contributed by atoms with E-state index in [2.05, 4.69) is 0 Å². The summed E-state index contributed by atoms with van der Waals surface area (Å²) in [5, 5.41) is 0.510. The monoisotopic (exact) mass is 393 g/mol. The molecule has 4 atom stereocenters. The van der Waals surface area contributed by atoms with Crippen LogP contribution in [0.25, 0.3) is 6.08 Å². The lowest BCUT2D eigenvalue weighted by atomic mass is 9.84. The van der Waals surface area contributed by atoms with E-state index in [0.29, 0.717) is 10.7 Å². The highest BCUT2D eigenvalue weighted by Crippen LogP contribution is 2.52. The van der Waals surface area contributed by atoms with Gasteiger partial charge >= 0.3 is 0 Å². The number of hydrogen-bond acceptors (Lipinski definition) is 4. The van der Waals surface area contributed by atoms with Crippen LogP contribution in [-0.2, 0) is 14.4 Å². The highest BCUT2D eigenvalue weighted by molar-refractivity contribution is 6.31. The standard InChI is InChI=1S/C21H16ClN3O3/c22-12-5-7-13(8-6-12)25-20(27)15-16(21(25)28)18(19(23)26)24-10-9-11-3-1-2-4-14(11)17(15)24/h1-10,15-18H,(H2,23,26)/t15-,16-,17-,18+/m1/s1. The van der Waals surface area contributed by atoms with Crippen LogP contribution in [-0.4, -0.2) is 28.7 Å². The largest absolute Gasteiger partial charge is 0.368 e. The SMILES string of the molecule is NC(=O)[C@@H]1[C@@H]2C(=O)N(c3ccc(Cl)cc3)C(=O)[C@H]2[C@H]2c3ccccc3C=CN12. The summed E-state index contributed by atoms with van der Waals surface area (Å²) in [5.41, 5.74) is 8.02. The van der Waals surface area contributed by atoms with Gasteiger partial charge in [0, 0.05) is 11.2 Å². The van der Waals surface area contributed by atoms with Crippen molar-refractivity contribution < 1.29 is 14.4 Å². The molecule has 0 aromatic heterocycles. The molecule has 0 unspecified atom stereocenters. The van der Waals surface area contributed by atoms with Gasteiger partial charge < -0.3 is 10.6 Å². The van der Waals surface area contributed by atoms with E-state index in [-0.39, 0.29) is 5.91 Å². The third kappa shape index (κ3) is 2.18. The van der Waals surface area contributed by atoms with E-state index in [4.69, 9.17) is 17.3 Å². The molecular formula is C21H16ClN3O3. The Kier molecular flexibility index (Phi) is 3.61. The third-order valence-corrected chi connectivity index (χ3v) is 6.09. The van der Waals surface area contributed by atoms with Gasteiger partial charge in [-0.2, -0.15) is 0 Å². The Bertz CT molecular complexity index is 1050. The van der Waals surface area contributed by atoms with Crippen molar-refractivity contribution in [3.63, 3.8) is 0 Å². The molecule has 28 heavy (non-hydrogen) atoms. The van der Waals surface area contributed by atoms with Crippen molar-refractivity contribution in [1.29, 1.82) is 0 Å². The van der Waals surface area contributed by atoms with Crippen LogP contribution in [0.4, 0.5) is 5.69 Å². The molecule has 0 radical (unpaired) electrons. The summed E-state index contributed by atoms with van der Waals surface area (Å²) in [4.78, 5) is 41.9. The molecular weight excluding hydrogens is 378 g/mol. The fourth-order valence-electron chi connectivity index (χ4n) is 4.73. The minimum atomic E-state index is -0.867. The van der Waals surface area contributed by atoms with Crippen LogP contribution < -0.4 is 10.6 Å². The maximum absolute atomic E-state index is 13.4. The van der Waals surface area contributed by atoms with Gasteiger partial charge in [-0.3, -0.25) is 14.4 Å². The minimum Gasteiger partial charge on any atom is -0.368 e. The highest BCUT2D eigenvalue weighted by Gasteiger charge is 2.64. The van der Waals surface area contributed by atoms with Crippen LogP contribution in [0.3, 0.4) is 0 Å². The number of fused-ring (bicyclic) bond motifs is 5. The van der Waals surface area contributed by atoms with E-state index in [0.717, 1.165) is 11.1 Å². The minimum absolute atomic E-state index is 0.318. The fraction of sp³-hybridized carbons (Fsp3) is 0.190. The zero-order valence-corrected chi connectivity index (χ0v) is 15.4. The Morgan fingerprint density at radius 3 is 2.36 bits per heavy atom.